The van der Waals surface area contributed by atoms with E-state index in [1.165, 1.54) is 54.5 Å². The van der Waals surface area contributed by atoms with E-state index in [4.69, 9.17) is 5.26 Å². The third-order valence-corrected chi connectivity index (χ3v) is 6.47. The van der Waals surface area contributed by atoms with E-state index in [1.54, 1.807) is 0 Å². The lowest BCUT2D eigenvalue weighted by atomic mass is 9.77. The molecule has 2 aromatic carbocycles. The van der Waals surface area contributed by atoms with Crippen LogP contribution in [0.25, 0.3) is 0 Å². The average molecular weight is 350 g/mol. The van der Waals surface area contributed by atoms with Crippen LogP contribution in [0, 0.1) is 17.2 Å². The lowest BCUT2D eigenvalue weighted by Gasteiger charge is -2.28. The Morgan fingerprint density at radius 2 is 1.64 bits per heavy atom. The molecule has 2 heteroatoms. The summed E-state index contributed by atoms with van der Waals surface area (Å²) in [5.74, 6) is 2.70. The van der Waals surface area contributed by atoms with E-state index in [1.807, 2.05) is 23.9 Å². The zero-order valence-corrected chi connectivity index (χ0v) is 15.9. The second-order valence-corrected chi connectivity index (χ2v) is 8.22. The normalized spacial score (nSPS) is 20.2. The van der Waals surface area contributed by atoms with Gasteiger partial charge in [0.25, 0.3) is 0 Å². The van der Waals surface area contributed by atoms with Gasteiger partial charge in [0.15, 0.2) is 0 Å². The van der Waals surface area contributed by atoms with E-state index >= 15 is 0 Å². The SMILES string of the molecule is CCC[C@H]1CC[C@H](c2ccc(SCc3ccc(C#N)cc3)cc2)CC1. The highest BCUT2D eigenvalue weighted by atomic mass is 32.2. The molecule has 0 amide bonds. The summed E-state index contributed by atoms with van der Waals surface area (Å²) in [4.78, 5) is 1.33. The van der Waals surface area contributed by atoms with Crippen LogP contribution in [0.4, 0.5) is 0 Å². The topological polar surface area (TPSA) is 23.8 Å². The molecule has 2 aromatic rings. The first-order valence-electron chi connectivity index (χ1n) is 9.50. The molecule has 0 bridgehead atoms. The van der Waals surface area contributed by atoms with Gasteiger partial charge in [0.2, 0.25) is 0 Å². The standard InChI is InChI=1S/C23H27NS/c1-2-3-18-8-10-21(11-9-18)22-12-14-23(15-13-22)25-17-20-6-4-19(16-24)5-7-20/h4-7,12-15,18,21H,2-3,8-11,17H2,1H3/t18-,21-. The van der Waals surface area contributed by atoms with Crippen LogP contribution >= 0.6 is 11.8 Å². The van der Waals surface area contributed by atoms with Crippen molar-refractivity contribution in [1.29, 1.82) is 5.26 Å². The largest absolute Gasteiger partial charge is 0.192 e. The second kappa shape index (κ2) is 9.11. The van der Waals surface area contributed by atoms with Gasteiger partial charge in [-0.3, -0.25) is 0 Å². The van der Waals surface area contributed by atoms with E-state index in [9.17, 15) is 0 Å². The maximum Gasteiger partial charge on any atom is 0.0991 e. The number of hydrogen-bond donors (Lipinski definition) is 0. The minimum absolute atomic E-state index is 0.728. The van der Waals surface area contributed by atoms with Crippen molar-refractivity contribution < 1.29 is 0 Å². The Morgan fingerprint density at radius 3 is 2.24 bits per heavy atom. The van der Waals surface area contributed by atoms with Crippen molar-refractivity contribution in [2.45, 2.75) is 62.0 Å². The summed E-state index contributed by atoms with van der Waals surface area (Å²) in [6.07, 6.45) is 8.30. The highest BCUT2D eigenvalue weighted by Crippen LogP contribution is 2.38. The molecule has 1 aliphatic rings. The van der Waals surface area contributed by atoms with E-state index in [-0.39, 0.29) is 0 Å². The third kappa shape index (κ3) is 5.13. The van der Waals surface area contributed by atoms with Gasteiger partial charge < -0.3 is 0 Å². The molecule has 0 aliphatic heterocycles. The van der Waals surface area contributed by atoms with Crippen molar-refractivity contribution in [2.24, 2.45) is 5.92 Å². The van der Waals surface area contributed by atoms with E-state index in [2.05, 4.69) is 49.4 Å². The quantitative estimate of drug-likeness (QED) is 0.528. The Kier molecular flexibility index (Phi) is 6.59. The molecule has 0 spiro atoms. The van der Waals surface area contributed by atoms with E-state index in [0.29, 0.717) is 0 Å². The fourth-order valence-corrected chi connectivity index (χ4v) is 4.73. The van der Waals surface area contributed by atoms with Gasteiger partial charge >= 0.3 is 0 Å². The molecular weight excluding hydrogens is 322 g/mol. The minimum atomic E-state index is 0.728. The Bertz CT molecular complexity index is 688. The number of hydrogen-bond acceptors (Lipinski definition) is 2. The molecule has 0 radical (unpaired) electrons. The number of nitriles is 1. The van der Waals surface area contributed by atoms with Crippen LogP contribution in [0.15, 0.2) is 53.4 Å². The molecule has 0 N–H and O–H groups in total. The van der Waals surface area contributed by atoms with E-state index in [0.717, 1.165) is 23.2 Å². The molecular formula is C23H27NS. The van der Waals surface area contributed by atoms with Gasteiger partial charge in [-0.05, 0) is 72.9 Å². The lowest BCUT2D eigenvalue weighted by molar-refractivity contribution is 0.308. The molecule has 1 aliphatic carbocycles. The van der Waals surface area contributed by atoms with Crippen molar-refractivity contribution in [1.82, 2.24) is 0 Å². The van der Waals surface area contributed by atoms with Crippen LogP contribution in [0.2, 0.25) is 0 Å². The summed E-state index contributed by atoms with van der Waals surface area (Å²) < 4.78 is 0. The molecule has 0 atom stereocenters. The smallest absolute Gasteiger partial charge is 0.0991 e. The summed E-state index contributed by atoms with van der Waals surface area (Å²) in [6.45, 7) is 2.31. The number of rotatable bonds is 6. The first-order chi connectivity index (χ1) is 12.3. The van der Waals surface area contributed by atoms with Gasteiger partial charge in [0.05, 0.1) is 11.6 Å². The van der Waals surface area contributed by atoms with Crippen LogP contribution in [-0.2, 0) is 5.75 Å². The van der Waals surface area contributed by atoms with Gasteiger partial charge in [-0.25, -0.2) is 0 Å². The van der Waals surface area contributed by atoms with Crippen LogP contribution in [-0.4, -0.2) is 0 Å². The highest BCUT2D eigenvalue weighted by Gasteiger charge is 2.21. The lowest BCUT2D eigenvalue weighted by Crippen LogP contribution is -2.13. The predicted octanol–water partition coefficient (Wildman–Crippen LogP) is 6.92. The molecule has 130 valence electrons. The van der Waals surface area contributed by atoms with E-state index < -0.39 is 0 Å². The Hall–Kier alpha value is -1.72. The Morgan fingerprint density at radius 1 is 0.960 bits per heavy atom. The maximum absolute atomic E-state index is 8.86. The molecule has 1 saturated carbocycles. The summed E-state index contributed by atoms with van der Waals surface area (Å²) in [7, 11) is 0. The van der Waals surface area contributed by atoms with Crippen molar-refractivity contribution in [3.63, 3.8) is 0 Å². The number of thioether (sulfide) groups is 1. The average Bonchev–Trinajstić information content (AvgIpc) is 2.68. The zero-order valence-electron chi connectivity index (χ0n) is 15.1. The number of benzene rings is 2. The summed E-state index contributed by atoms with van der Waals surface area (Å²) in [6, 6.07) is 19.3. The van der Waals surface area contributed by atoms with Crippen molar-refractivity contribution in [2.75, 3.05) is 0 Å². The molecule has 3 rings (SSSR count). The van der Waals surface area contributed by atoms with Gasteiger partial charge in [-0.15, -0.1) is 11.8 Å². The molecule has 1 fully saturated rings. The Balaban J connectivity index is 1.51. The fraction of sp³-hybridized carbons (Fsp3) is 0.435. The van der Waals surface area contributed by atoms with Crippen LogP contribution in [0.1, 0.15) is 68.1 Å². The van der Waals surface area contributed by atoms with Crippen molar-refractivity contribution >= 4 is 11.8 Å². The molecule has 0 aromatic heterocycles. The molecule has 0 saturated heterocycles. The predicted molar refractivity (Wildman–Crippen MR) is 107 cm³/mol. The Labute approximate surface area is 156 Å². The third-order valence-electron chi connectivity index (χ3n) is 5.38. The molecule has 25 heavy (non-hydrogen) atoms. The molecule has 0 heterocycles. The van der Waals surface area contributed by atoms with Crippen LogP contribution < -0.4 is 0 Å². The van der Waals surface area contributed by atoms with Crippen LogP contribution in [0.3, 0.4) is 0 Å². The van der Waals surface area contributed by atoms with Crippen molar-refractivity contribution in [3.05, 3.63) is 65.2 Å². The maximum atomic E-state index is 8.86. The first-order valence-corrected chi connectivity index (χ1v) is 10.5. The monoisotopic (exact) mass is 349 g/mol. The van der Waals surface area contributed by atoms with Gasteiger partial charge in [0.1, 0.15) is 0 Å². The summed E-state index contributed by atoms with van der Waals surface area (Å²) in [5.41, 5.74) is 3.52. The number of nitrogens with zero attached hydrogens (tertiary/aromatic N) is 1. The van der Waals surface area contributed by atoms with Gasteiger partial charge in [-0.2, -0.15) is 5.26 Å². The summed E-state index contributed by atoms with van der Waals surface area (Å²) in [5, 5.41) is 8.86. The minimum Gasteiger partial charge on any atom is -0.192 e. The highest BCUT2D eigenvalue weighted by molar-refractivity contribution is 7.98. The molecule has 1 nitrogen and oxygen atoms in total. The van der Waals surface area contributed by atoms with Gasteiger partial charge in [-0.1, -0.05) is 44.0 Å². The first kappa shape index (κ1) is 18.1. The second-order valence-electron chi connectivity index (χ2n) is 7.17. The molecule has 0 unspecified atom stereocenters. The fourth-order valence-electron chi connectivity index (χ4n) is 3.87. The van der Waals surface area contributed by atoms with Gasteiger partial charge in [0, 0.05) is 10.6 Å². The van der Waals surface area contributed by atoms with Crippen LogP contribution in [0.5, 0.6) is 0 Å². The van der Waals surface area contributed by atoms with Crippen molar-refractivity contribution in [3.8, 4) is 6.07 Å². The summed E-state index contributed by atoms with van der Waals surface area (Å²) >= 11 is 1.87. The zero-order chi connectivity index (χ0) is 17.5.